The lowest BCUT2D eigenvalue weighted by molar-refractivity contribution is -0.165. The molecule has 0 fully saturated rings. The van der Waals surface area contributed by atoms with Crippen LogP contribution < -0.4 is 4.74 Å². The molecule has 4 nitrogen and oxygen atoms in total. The maximum Gasteiger partial charge on any atom is 0.455 e. The lowest BCUT2D eigenvalue weighted by atomic mass is 10.0. The van der Waals surface area contributed by atoms with E-state index >= 15 is 0 Å². The summed E-state index contributed by atoms with van der Waals surface area (Å²) in [5, 5.41) is 10.4. The molecule has 0 aliphatic rings. The Kier molecular flexibility index (Phi) is 6.05. The monoisotopic (exact) mass is 383 g/mol. The van der Waals surface area contributed by atoms with E-state index in [0.717, 1.165) is 0 Å². The van der Waals surface area contributed by atoms with Gasteiger partial charge in [-0.2, -0.15) is 13.2 Å². The van der Waals surface area contributed by atoms with Crippen molar-refractivity contribution in [3.63, 3.8) is 0 Å². The number of halogens is 4. The van der Waals surface area contributed by atoms with Gasteiger partial charge in [0.25, 0.3) is 5.78 Å². The fraction of sp³-hybridized carbons (Fsp3) is 0.111. The van der Waals surface area contributed by atoms with Gasteiger partial charge in [0.05, 0.1) is 23.4 Å². The highest BCUT2D eigenvalue weighted by molar-refractivity contribution is 6.33. The van der Waals surface area contributed by atoms with Gasteiger partial charge in [-0.1, -0.05) is 23.7 Å². The van der Waals surface area contributed by atoms with Crippen LogP contribution in [0.2, 0.25) is 5.02 Å². The number of nitrogens with zero attached hydrogens (tertiary/aromatic N) is 1. The Morgan fingerprint density at radius 3 is 2.31 bits per heavy atom. The van der Waals surface area contributed by atoms with Crippen LogP contribution in [-0.2, 0) is 4.79 Å². The van der Waals surface area contributed by atoms with E-state index in [1.54, 1.807) is 12.1 Å². The van der Waals surface area contributed by atoms with Gasteiger partial charge in [0, 0.05) is 11.8 Å². The van der Waals surface area contributed by atoms with Crippen molar-refractivity contribution in [3.8, 4) is 5.75 Å². The summed E-state index contributed by atoms with van der Waals surface area (Å²) in [6.07, 6.45) is -4.53. The lowest BCUT2D eigenvalue weighted by Gasteiger charge is -2.10. The molecule has 0 atom stereocenters. The van der Waals surface area contributed by atoms with E-state index in [0.29, 0.717) is 12.0 Å². The highest BCUT2D eigenvalue weighted by atomic mass is 35.5. The minimum absolute atomic E-state index is 0.00371. The molecule has 8 heteroatoms. The van der Waals surface area contributed by atoms with Gasteiger partial charge in [-0.25, -0.2) is 0 Å². The van der Waals surface area contributed by atoms with Crippen molar-refractivity contribution in [2.24, 2.45) is 4.99 Å². The van der Waals surface area contributed by atoms with Crippen LogP contribution in [0.3, 0.4) is 0 Å². The van der Waals surface area contributed by atoms with E-state index in [9.17, 15) is 23.1 Å². The number of aliphatic hydroxyl groups excluding tert-OH is 1. The van der Waals surface area contributed by atoms with E-state index in [4.69, 9.17) is 16.3 Å². The van der Waals surface area contributed by atoms with Gasteiger partial charge in [-0.05, 0) is 36.4 Å². The number of alkyl halides is 3. The minimum Gasteiger partial charge on any atom is -0.506 e. The van der Waals surface area contributed by atoms with Crippen molar-refractivity contribution >= 4 is 35.0 Å². The van der Waals surface area contributed by atoms with Gasteiger partial charge < -0.3 is 9.84 Å². The fourth-order valence-corrected chi connectivity index (χ4v) is 2.16. The number of aliphatic hydroxyl groups is 1. The molecule has 0 bridgehead atoms. The average molecular weight is 384 g/mol. The summed E-state index contributed by atoms with van der Waals surface area (Å²) in [7, 11) is 1.42. The number of hydrogen-bond donors (Lipinski definition) is 1. The predicted octanol–water partition coefficient (Wildman–Crippen LogP) is 5.15. The first-order valence-corrected chi connectivity index (χ1v) is 7.59. The Bertz CT molecular complexity index is 859. The second-order valence-corrected chi connectivity index (χ2v) is 5.43. The zero-order chi connectivity index (χ0) is 19.3. The van der Waals surface area contributed by atoms with Crippen molar-refractivity contribution in [3.05, 3.63) is 64.7 Å². The van der Waals surface area contributed by atoms with Crippen molar-refractivity contribution < 1.29 is 27.8 Å². The molecule has 0 aliphatic carbocycles. The summed E-state index contributed by atoms with van der Waals surface area (Å²) in [6.45, 7) is 0. The van der Waals surface area contributed by atoms with Crippen molar-refractivity contribution in [2.75, 3.05) is 7.11 Å². The molecule has 0 saturated heterocycles. The van der Waals surface area contributed by atoms with Gasteiger partial charge >= 0.3 is 6.18 Å². The zero-order valence-electron chi connectivity index (χ0n) is 13.4. The fourth-order valence-electron chi connectivity index (χ4n) is 1.97. The van der Waals surface area contributed by atoms with Gasteiger partial charge in [0.15, 0.2) is 0 Å². The van der Waals surface area contributed by atoms with Crippen LogP contribution in [0, 0.1) is 0 Å². The van der Waals surface area contributed by atoms with Crippen molar-refractivity contribution in [1.29, 1.82) is 0 Å². The molecule has 0 unspecified atom stereocenters. The van der Waals surface area contributed by atoms with Crippen LogP contribution in [0.5, 0.6) is 5.75 Å². The first kappa shape index (κ1) is 19.5. The van der Waals surface area contributed by atoms with Gasteiger partial charge in [-0.3, -0.25) is 9.79 Å². The highest BCUT2D eigenvalue weighted by Crippen LogP contribution is 2.28. The first-order chi connectivity index (χ1) is 12.2. The summed E-state index contributed by atoms with van der Waals surface area (Å²) in [5.41, 5.74) is -0.837. The summed E-state index contributed by atoms with van der Waals surface area (Å²) >= 11 is 5.89. The Hall–Kier alpha value is -2.80. The number of allylic oxidation sites excluding steroid dienone is 1. The quantitative estimate of drug-likeness (QED) is 0.441. The molecule has 0 amide bonds. The molecule has 0 radical (unpaired) electrons. The Morgan fingerprint density at radius 1 is 1.15 bits per heavy atom. The normalized spacial score (nSPS) is 12.8. The molecule has 136 valence electrons. The van der Waals surface area contributed by atoms with E-state index < -0.39 is 23.3 Å². The van der Waals surface area contributed by atoms with Crippen molar-refractivity contribution in [2.45, 2.75) is 6.18 Å². The average Bonchev–Trinajstić information content (AvgIpc) is 2.62. The van der Waals surface area contributed by atoms with Gasteiger partial charge in [0.1, 0.15) is 11.5 Å². The van der Waals surface area contributed by atoms with E-state index in [1.807, 2.05) is 0 Å². The predicted molar refractivity (Wildman–Crippen MR) is 93.2 cm³/mol. The molecule has 0 spiro atoms. The van der Waals surface area contributed by atoms with Crippen LogP contribution >= 0.6 is 11.6 Å². The smallest absolute Gasteiger partial charge is 0.455 e. The number of aliphatic imine (C=N–C) groups is 1. The van der Waals surface area contributed by atoms with Crippen molar-refractivity contribution in [1.82, 2.24) is 0 Å². The summed E-state index contributed by atoms with van der Waals surface area (Å²) in [6, 6.07) is 11.7. The number of Topliss-reactive ketones (excluding diaryl/α,β-unsaturated/α-hetero) is 1. The number of benzene rings is 2. The summed E-state index contributed by atoms with van der Waals surface area (Å²) < 4.78 is 43.6. The number of carbonyl (C=O) groups excluding carboxylic acids is 1. The topological polar surface area (TPSA) is 58.9 Å². The van der Waals surface area contributed by atoms with Crippen LogP contribution in [-0.4, -0.2) is 30.4 Å². The number of rotatable bonds is 5. The molecule has 0 aliphatic heterocycles. The standard InChI is InChI=1S/C18H13ClF3NO3/c1-26-12-8-6-11(7-9-12)16(24)13(17(25)18(20,21)22)10-23-15-5-3-2-4-14(15)19/h2-10,24H,1H3/b16-13+,23-10?. The van der Waals surface area contributed by atoms with E-state index in [2.05, 4.69) is 4.99 Å². The number of para-hydroxylation sites is 1. The third-order valence-electron chi connectivity index (χ3n) is 3.31. The Morgan fingerprint density at radius 2 is 1.77 bits per heavy atom. The SMILES string of the molecule is COc1ccc(/C(O)=C(/C=Nc2ccccc2Cl)C(=O)C(F)(F)F)cc1. The maximum absolute atomic E-state index is 12.9. The number of hydrogen-bond acceptors (Lipinski definition) is 4. The molecule has 2 aromatic rings. The Balaban J connectivity index is 2.52. The largest absolute Gasteiger partial charge is 0.506 e. The molecule has 2 aromatic carbocycles. The highest BCUT2D eigenvalue weighted by Gasteiger charge is 2.41. The first-order valence-electron chi connectivity index (χ1n) is 7.22. The summed E-state index contributed by atoms with van der Waals surface area (Å²) in [4.78, 5) is 15.5. The minimum atomic E-state index is -5.18. The number of ketones is 1. The number of ether oxygens (including phenoxy) is 1. The van der Waals surface area contributed by atoms with Crippen LogP contribution in [0.1, 0.15) is 5.56 Å². The van der Waals surface area contributed by atoms with Crippen LogP contribution in [0.25, 0.3) is 5.76 Å². The second kappa shape index (κ2) is 8.05. The molecule has 26 heavy (non-hydrogen) atoms. The van der Waals surface area contributed by atoms with Crippen LogP contribution in [0.4, 0.5) is 18.9 Å². The third kappa shape index (κ3) is 4.64. The zero-order valence-corrected chi connectivity index (χ0v) is 14.2. The molecular formula is C18H13ClF3NO3. The van der Waals surface area contributed by atoms with Gasteiger partial charge in [-0.15, -0.1) is 0 Å². The van der Waals surface area contributed by atoms with Gasteiger partial charge in [0.2, 0.25) is 0 Å². The molecule has 1 N–H and O–H groups in total. The molecular weight excluding hydrogens is 371 g/mol. The summed E-state index contributed by atoms with van der Waals surface area (Å²) in [5.74, 6) is -2.64. The van der Waals surface area contributed by atoms with Crippen LogP contribution in [0.15, 0.2) is 59.1 Å². The molecule has 0 saturated carbocycles. The van der Waals surface area contributed by atoms with E-state index in [-0.39, 0.29) is 16.3 Å². The molecule has 0 heterocycles. The lowest BCUT2D eigenvalue weighted by Crippen LogP contribution is -2.26. The third-order valence-corrected chi connectivity index (χ3v) is 3.63. The number of carbonyl (C=O) groups is 1. The molecule has 2 rings (SSSR count). The number of methoxy groups -OCH3 is 1. The second-order valence-electron chi connectivity index (χ2n) is 5.03. The Labute approximate surface area is 152 Å². The maximum atomic E-state index is 12.9. The van der Waals surface area contributed by atoms with E-state index in [1.165, 1.54) is 43.5 Å². The molecule has 0 aromatic heterocycles.